The van der Waals surface area contributed by atoms with Crippen molar-refractivity contribution in [3.63, 3.8) is 0 Å². The molecule has 0 aliphatic heterocycles. The van der Waals surface area contributed by atoms with E-state index in [1.54, 1.807) is 6.07 Å². The lowest BCUT2D eigenvalue weighted by Gasteiger charge is -2.19. The van der Waals surface area contributed by atoms with Crippen molar-refractivity contribution < 1.29 is 4.39 Å². The third-order valence-corrected chi connectivity index (χ3v) is 3.91. The van der Waals surface area contributed by atoms with Crippen molar-refractivity contribution >= 4 is 15.9 Å². The second-order valence-corrected chi connectivity index (χ2v) is 5.82. The number of pyridine rings is 1. The van der Waals surface area contributed by atoms with Crippen LogP contribution in [0, 0.1) is 19.7 Å². The molecule has 0 aliphatic rings. The van der Waals surface area contributed by atoms with Crippen LogP contribution < -0.4 is 5.32 Å². The van der Waals surface area contributed by atoms with Crippen molar-refractivity contribution in [3.05, 3.63) is 63.1 Å². The summed E-state index contributed by atoms with van der Waals surface area (Å²) in [6.45, 7) is 3.96. The highest BCUT2D eigenvalue weighted by molar-refractivity contribution is 9.10. The van der Waals surface area contributed by atoms with Crippen LogP contribution in [0.25, 0.3) is 0 Å². The van der Waals surface area contributed by atoms with Crippen molar-refractivity contribution in [2.24, 2.45) is 0 Å². The molecule has 0 spiro atoms. The third-order valence-electron chi connectivity index (χ3n) is 3.42. The first-order valence-corrected chi connectivity index (χ1v) is 7.36. The summed E-state index contributed by atoms with van der Waals surface area (Å²) in [7, 11) is 1.89. The highest BCUT2D eigenvalue weighted by Gasteiger charge is 2.15. The zero-order chi connectivity index (χ0) is 14.7. The molecule has 1 unspecified atom stereocenters. The predicted molar refractivity (Wildman–Crippen MR) is 83.3 cm³/mol. The minimum absolute atomic E-state index is 0.0481. The lowest BCUT2D eigenvalue weighted by molar-refractivity contribution is 0.550. The Morgan fingerprint density at radius 1 is 1.25 bits per heavy atom. The SMILES string of the molecule is CNC(Cc1cc(Br)ccc1F)c1ccc(C)nc1C. The van der Waals surface area contributed by atoms with Crippen LogP contribution in [0.4, 0.5) is 4.39 Å². The molecule has 1 heterocycles. The van der Waals surface area contributed by atoms with Gasteiger partial charge in [-0.25, -0.2) is 4.39 Å². The molecule has 1 atom stereocenters. The van der Waals surface area contributed by atoms with Crippen molar-refractivity contribution in [2.45, 2.75) is 26.3 Å². The van der Waals surface area contributed by atoms with E-state index in [1.165, 1.54) is 6.07 Å². The molecule has 0 fully saturated rings. The van der Waals surface area contributed by atoms with Gasteiger partial charge in [0.15, 0.2) is 0 Å². The average molecular weight is 337 g/mol. The highest BCUT2D eigenvalue weighted by Crippen LogP contribution is 2.24. The van der Waals surface area contributed by atoms with Crippen LogP contribution in [0.15, 0.2) is 34.8 Å². The number of hydrogen-bond acceptors (Lipinski definition) is 2. The zero-order valence-corrected chi connectivity index (χ0v) is 13.5. The van der Waals surface area contributed by atoms with Crippen LogP contribution >= 0.6 is 15.9 Å². The van der Waals surface area contributed by atoms with Gasteiger partial charge in [-0.1, -0.05) is 22.0 Å². The van der Waals surface area contributed by atoms with E-state index in [-0.39, 0.29) is 11.9 Å². The monoisotopic (exact) mass is 336 g/mol. The van der Waals surface area contributed by atoms with Crippen molar-refractivity contribution in [3.8, 4) is 0 Å². The summed E-state index contributed by atoms with van der Waals surface area (Å²) in [5.74, 6) is -0.175. The van der Waals surface area contributed by atoms with E-state index in [9.17, 15) is 4.39 Å². The molecule has 2 aromatic rings. The fourth-order valence-corrected chi connectivity index (χ4v) is 2.76. The van der Waals surface area contributed by atoms with Gasteiger partial charge in [-0.2, -0.15) is 0 Å². The summed E-state index contributed by atoms with van der Waals surface area (Å²) >= 11 is 3.39. The van der Waals surface area contributed by atoms with E-state index >= 15 is 0 Å². The standard InChI is InChI=1S/C16H18BrFN2/c1-10-4-6-14(11(2)20-10)16(19-3)9-12-8-13(17)5-7-15(12)18/h4-8,16,19H,9H2,1-3H3. The number of rotatable bonds is 4. The van der Waals surface area contributed by atoms with Crippen LogP contribution in [0.5, 0.6) is 0 Å². The van der Waals surface area contributed by atoms with E-state index in [1.807, 2.05) is 33.0 Å². The van der Waals surface area contributed by atoms with Gasteiger partial charge in [0.25, 0.3) is 0 Å². The number of hydrogen-bond donors (Lipinski definition) is 1. The molecule has 2 nitrogen and oxygen atoms in total. The minimum Gasteiger partial charge on any atom is -0.313 e. The first-order valence-electron chi connectivity index (χ1n) is 6.56. The second kappa shape index (κ2) is 6.46. The largest absolute Gasteiger partial charge is 0.313 e. The topological polar surface area (TPSA) is 24.9 Å². The van der Waals surface area contributed by atoms with E-state index < -0.39 is 0 Å². The number of nitrogens with one attached hydrogen (secondary N) is 1. The number of halogens is 2. The molecule has 1 aromatic heterocycles. The lowest BCUT2D eigenvalue weighted by Crippen LogP contribution is -2.21. The Bertz CT molecular complexity index is 613. The Balaban J connectivity index is 2.31. The Hall–Kier alpha value is -1.26. The van der Waals surface area contributed by atoms with Crippen molar-refractivity contribution in [1.29, 1.82) is 0 Å². The van der Waals surface area contributed by atoms with Gasteiger partial charge in [-0.15, -0.1) is 0 Å². The fourth-order valence-electron chi connectivity index (χ4n) is 2.35. The highest BCUT2D eigenvalue weighted by atomic mass is 79.9. The van der Waals surface area contributed by atoms with Crippen molar-refractivity contribution in [1.82, 2.24) is 10.3 Å². The predicted octanol–water partition coefficient (Wildman–Crippen LogP) is 4.10. The molecule has 0 saturated heterocycles. The first-order chi connectivity index (χ1) is 9.51. The zero-order valence-electron chi connectivity index (χ0n) is 11.9. The van der Waals surface area contributed by atoms with Gasteiger partial charge in [0, 0.05) is 21.9 Å². The summed E-state index contributed by atoms with van der Waals surface area (Å²) in [4.78, 5) is 4.48. The molecular formula is C16H18BrFN2. The molecule has 1 aromatic carbocycles. The van der Waals surface area contributed by atoms with E-state index in [4.69, 9.17) is 0 Å². The van der Waals surface area contributed by atoms with E-state index in [0.717, 1.165) is 21.4 Å². The van der Waals surface area contributed by atoms with Crippen LogP contribution in [0.1, 0.15) is 28.6 Å². The number of nitrogens with zero attached hydrogens (tertiary/aromatic N) is 1. The van der Waals surface area contributed by atoms with Gasteiger partial charge < -0.3 is 5.32 Å². The Kier molecular flexibility index (Phi) is 4.89. The molecule has 0 bridgehead atoms. The van der Waals surface area contributed by atoms with Crippen LogP contribution in [-0.4, -0.2) is 12.0 Å². The summed E-state index contributed by atoms with van der Waals surface area (Å²) in [6.07, 6.45) is 0.591. The number of likely N-dealkylation sites (N-methyl/N-ethyl adjacent to an activating group) is 1. The molecule has 0 saturated carbocycles. The number of aryl methyl sites for hydroxylation is 2. The van der Waals surface area contributed by atoms with Crippen LogP contribution in [0.3, 0.4) is 0 Å². The molecule has 1 N–H and O–H groups in total. The minimum atomic E-state index is -0.175. The number of benzene rings is 1. The molecule has 20 heavy (non-hydrogen) atoms. The summed E-state index contributed by atoms with van der Waals surface area (Å²) in [5, 5.41) is 3.25. The van der Waals surface area contributed by atoms with Gasteiger partial charge in [0.2, 0.25) is 0 Å². The number of aromatic nitrogens is 1. The molecule has 2 rings (SSSR count). The van der Waals surface area contributed by atoms with Gasteiger partial charge in [0.05, 0.1) is 0 Å². The smallest absolute Gasteiger partial charge is 0.126 e. The summed E-state index contributed by atoms with van der Waals surface area (Å²) < 4.78 is 14.8. The fraction of sp³-hybridized carbons (Fsp3) is 0.312. The van der Waals surface area contributed by atoms with E-state index in [0.29, 0.717) is 12.0 Å². The van der Waals surface area contributed by atoms with Gasteiger partial charge in [0.1, 0.15) is 5.82 Å². The molecule has 0 radical (unpaired) electrons. The van der Waals surface area contributed by atoms with Gasteiger partial charge in [-0.05, 0) is 62.7 Å². The molecule has 4 heteroatoms. The molecule has 0 aliphatic carbocycles. The maximum absolute atomic E-state index is 13.9. The molecule has 0 amide bonds. The van der Waals surface area contributed by atoms with Crippen LogP contribution in [0.2, 0.25) is 0 Å². The maximum Gasteiger partial charge on any atom is 0.126 e. The van der Waals surface area contributed by atoms with Crippen LogP contribution in [-0.2, 0) is 6.42 Å². The lowest BCUT2D eigenvalue weighted by atomic mass is 9.97. The Labute approximate surface area is 127 Å². The summed E-state index contributed by atoms with van der Waals surface area (Å²) in [6, 6.07) is 9.14. The van der Waals surface area contributed by atoms with Crippen molar-refractivity contribution in [2.75, 3.05) is 7.05 Å². The quantitative estimate of drug-likeness (QED) is 0.908. The molecular weight excluding hydrogens is 319 g/mol. The second-order valence-electron chi connectivity index (χ2n) is 4.91. The third kappa shape index (κ3) is 3.44. The first kappa shape index (κ1) is 15.1. The van der Waals surface area contributed by atoms with Gasteiger partial charge >= 0.3 is 0 Å². The Morgan fingerprint density at radius 3 is 2.65 bits per heavy atom. The Morgan fingerprint density at radius 2 is 2.00 bits per heavy atom. The average Bonchev–Trinajstić information content (AvgIpc) is 2.40. The maximum atomic E-state index is 13.9. The van der Waals surface area contributed by atoms with E-state index in [2.05, 4.69) is 32.3 Å². The molecule has 106 valence electrons. The van der Waals surface area contributed by atoms with Gasteiger partial charge in [-0.3, -0.25) is 4.98 Å². The normalized spacial score (nSPS) is 12.4. The summed E-state index contributed by atoms with van der Waals surface area (Å²) in [5.41, 5.74) is 3.78.